The minimum atomic E-state index is 0.359. The van der Waals surface area contributed by atoms with E-state index in [9.17, 15) is 0 Å². The van der Waals surface area contributed by atoms with E-state index < -0.39 is 0 Å². The quantitative estimate of drug-likeness (QED) is 0.686. The molecule has 1 fully saturated rings. The minimum absolute atomic E-state index is 0.359. The first-order valence-corrected chi connectivity index (χ1v) is 5.68. The summed E-state index contributed by atoms with van der Waals surface area (Å²) in [6, 6.07) is 1.23. The van der Waals surface area contributed by atoms with E-state index in [1.54, 1.807) is 0 Å². The molecule has 0 saturated heterocycles. The highest BCUT2D eigenvalue weighted by Gasteiger charge is 2.27. The van der Waals surface area contributed by atoms with Crippen LogP contribution in [0.15, 0.2) is 0 Å². The van der Waals surface area contributed by atoms with E-state index in [1.807, 2.05) is 0 Å². The van der Waals surface area contributed by atoms with E-state index in [4.69, 9.17) is 5.11 Å². The van der Waals surface area contributed by atoms with Crippen molar-refractivity contribution < 1.29 is 5.11 Å². The van der Waals surface area contributed by atoms with Crippen LogP contribution in [0.1, 0.15) is 46.0 Å². The second-order valence-electron chi connectivity index (χ2n) is 4.16. The largest absolute Gasteiger partial charge is 0.396 e. The third kappa shape index (κ3) is 2.96. The molecule has 0 radical (unpaired) electrons. The average molecular weight is 185 g/mol. The zero-order valence-corrected chi connectivity index (χ0v) is 8.92. The van der Waals surface area contributed by atoms with Crippen molar-refractivity contribution in [2.24, 2.45) is 5.92 Å². The molecule has 0 heterocycles. The Morgan fingerprint density at radius 1 is 1.31 bits per heavy atom. The number of nitrogens with one attached hydrogen (secondary N) is 1. The lowest BCUT2D eigenvalue weighted by Crippen LogP contribution is -2.40. The summed E-state index contributed by atoms with van der Waals surface area (Å²) in [6.07, 6.45) is 6.13. The summed E-state index contributed by atoms with van der Waals surface area (Å²) in [5.41, 5.74) is 0. The van der Waals surface area contributed by atoms with Gasteiger partial charge in [-0.25, -0.2) is 0 Å². The topological polar surface area (TPSA) is 32.3 Å². The summed E-state index contributed by atoms with van der Waals surface area (Å²) in [4.78, 5) is 0. The SMILES string of the molecule is CCC(CC)NC1CCCC1CO. The zero-order valence-electron chi connectivity index (χ0n) is 8.92. The molecule has 2 unspecified atom stereocenters. The monoisotopic (exact) mass is 185 g/mol. The van der Waals surface area contributed by atoms with E-state index in [1.165, 1.54) is 32.1 Å². The normalized spacial score (nSPS) is 28.6. The van der Waals surface area contributed by atoms with Gasteiger partial charge in [-0.2, -0.15) is 0 Å². The second kappa shape index (κ2) is 5.61. The van der Waals surface area contributed by atoms with Crippen molar-refractivity contribution in [1.29, 1.82) is 0 Å². The Balaban J connectivity index is 2.33. The molecule has 1 rings (SSSR count). The van der Waals surface area contributed by atoms with Crippen molar-refractivity contribution in [1.82, 2.24) is 5.32 Å². The molecule has 0 spiro atoms. The first kappa shape index (κ1) is 11.0. The molecular formula is C11H23NO. The Morgan fingerprint density at radius 2 is 2.00 bits per heavy atom. The lowest BCUT2D eigenvalue weighted by Gasteiger charge is -2.24. The van der Waals surface area contributed by atoms with Crippen LogP contribution in [0.25, 0.3) is 0 Å². The maximum absolute atomic E-state index is 9.15. The lowest BCUT2D eigenvalue weighted by atomic mass is 10.0. The average Bonchev–Trinajstić information content (AvgIpc) is 2.61. The maximum atomic E-state index is 9.15. The van der Waals surface area contributed by atoms with Gasteiger partial charge in [0.05, 0.1) is 0 Å². The number of aliphatic hydroxyl groups excluding tert-OH is 1. The van der Waals surface area contributed by atoms with Gasteiger partial charge in [0.25, 0.3) is 0 Å². The van der Waals surface area contributed by atoms with Crippen LogP contribution >= 0.6 is 0 Å². The van der Waals surface area contributed by atoms with Gasteiger partial charge in [-0.05, 0) is 31.6 Å². The number of hydrogen-bond acceptors (Lipinski definition) is 2. The summed E-state index contributed by atoms with van der Waals surface area (Å²) >= 11 is 0. The second-order valence-corrected chi connectivity index (χ2v) is 4.16. The van der Waals surface area contributed by atoms with Gasteiger partial charge < -0.3 is 10.4 Å². The van der Waals surface area contributed by atoms with Gasteiger partial charge in [-0.15, -0.1) is 0 Å². The molecule has 78 valence electrons. The maximum Gasteiger partial charge on any atom is 0.0474 e. The molecule has 1 aliphatic rings. The van der Waals surface area contributed by atoms with Gasteiger partial charge in [0.2, 0.25) is 0 Å². The van der Waals surface area contributed by atoms with Crippen LogP contribution in [0.2, 0.25) is 0 Å². The van der Waals surface area contributed by atoms with Crippen molar-refractivity contribution in [3.63, 3.8) is 0 Å². The zero-order chi connectivity index (χ0) is 9.68. The van der Waals surface area contributed by atoms with Crippen LogP contribution in [-0.2, 0) is 0 Å². The summed E-state index contributed by atoms with van der Waals surface area (Å²) in [5.74, 6) is 0.514. The van der Waals surface area contributed by atoms with Crippen LogP contribution in [0, 0.1) is 5.92 Å². The predicted octanol–water partition coefficient (Wildman–Crippen LogP) is 1.93. The molecule has 2 nitrogen and oxygen atoms in total. The summed E-state index contributed by atoms with van der Waals surface area (Å²) < 4.78 is 0. The molecule has 0 amide bonds. The van der Waals surface area contributed by atoms with Gasteiger partial charge >= 0.3 is 0 Å². The molecule has 0 aromatic heterocycles. The van der Waals surface area contributed by atoms with Crippen molar-refractivity contribution in [2.75, 3.05) is 6.61 Å². The van der Waals surface area contributed by atoms with E-state index in [0.29, 0.717) is 24.6 Å². The third-order valence-corrected chi connectivity index (χ3v) is 3.33. The van der Waals surface area contributed by atoms with Crippen LogP contribution in [-0.4, -0.2) is 23.8 Å². The number of rotatable bonds is 5. The number of hydrogen-bond donors (Lipinski definition) is 2. The third-order valence-electron chi connectivity index (χ3n) is 3.33. The van der Waals surface area contributed by atoms with E-state index in [0.717, 1.165) is 0 Å². The molecule has 2 heteroatoms. The van der Waals surface area contributed by atoms with Crippen LogP contribution in [0.4, 0.5) is 0 Å². The Bertz CT molecular complexity index is 134. The summed E-state index contributed by atoms with van der Waals surface area (Å²) in [7, 11) is 0. The highest BCUT2D eigenvalue weighted by atomic mass is 16.3. The van der Waals surface area contributed by atoms with E-state index in [-0.39, 0.29) is 0 Å². The molecule has 2 atom stereocenters. The molecule has 2 N–H and O–H groups in total. The fourth-order valence-corrected chi connectivity index (χ4v) is 2.30. The van der Waals surface area contributed by atoms with Gasteiger partial charge in [0.15, 0.2) is 0 Å². The molecule has 0 bridgehead atoms. The minimum Gasteiger partial charge on any atom is -0.396 e. The van der Waals surface area contributed by atoms with Gasteiger partial charge in [0, 0.05) is 18.7 Å². The van der Waals surface area contributed by atoms with Gasteiger partial charge in [0.1, 0.15) is 0 Å². The highest BCUT2D eigenvalue weighted by molar-refractivity contribution is 4.84. The van der Waals surface area contributed by atoms with Crippen LogP contribution in [0.3, 0.4) is 0 Å². The fraction of sp³-hybridized carbons (Fsp3) is 1.00. The van der Waals surface area contributed by atoms with E-state index in [2.05, 4.69) is 19.2 Å². The van der Waals surface area contributed by atoms with Gasteiger partial charge in [-0.1, -0.05) is 20.3 Å². The van der Waals surface area contributed by atoms with Crippen LogP contribution < -0.4 is 5.32 Å². The molecule has 0 aromatic carbocycles. The summed E-state index contributed by atoms with van der Waals surface area (Å²) in [6.45, 7) is 4.81. The number of aliphatic hydroxyl groups is 1. The molecule has 1 aliphatic carbocycles. The molecule has 0 aliphatic heterocycles. The Labute approximate surface area is 81.7 Å². The Hall–Kier alpha value is -0.0800. The van der Waals surface area contributed by atoms with Crippen molar-refractivity contribution in [3.05, 3.63) is 0 Å². The van der Waals surface area contributed by atoms with Crippen molar-refractivity contribution >= 4 is 0 Å². The highest BCUT2D eigenvalue weighted by Crippen LogP contribution is 2.25. The lowest BCUT2D eigenvalue weighted by molar-refractivity contribution is 0.198. The van der Waals surface area contributed by atoms with Gasteiger partial charge in [-0.3, -0.25) is 0 Å². The first-order valence-electron chi connectivity index (χ1n) is 5.68. The fourth-order valence-electron chi connectivity index (χ4n) is 2.30. The smallest absolute Gasteiger partial charge is 0.0474 e. The van der Waals surface area contributed by atoms with E-state index >= 15 is 0 Å². The Morgan fingerprint density at radius 3 is 2.54 bits per heavy atom. The molecular weight excluding hydrogens is 162 g/mol. The van der Waals surface area contributed by atoms with Crippen LogP contribution in [0.5, 0.6) is 0 Å². The molecule has 0 aromatic rings. The molecule has 1 saturated carbocycles. The van der Waals surface area contributed by atoms with Crippen molar-refractivity contribution in [3.8, 4) is 0 Å². The first-order chi connectivity index (χ1) is 6.31. The summed E-state index contributed by atoms with van der Waals surface area (Å²) in [5, 5.41) is 12.8. The predicted molar refractivity (Wildman–Crippen MR) is 55.7 cm³/mol. The Kier molecular flexibility index (Phi) is 4.74. The van der Waals surface area contributed by atoms with Crippen molar-refractivity contribution in [2.45, 2.75) is 58.0 Å². The molecule has 13 heavy (non-hydrogen) atoms. The standard InChI is InChI=1S/C11H23NO/c1-3-10(4-2)12-11-7-5-6-9(11)8-13/h9-13H,3-8H2,1-2H3.